The quantitative estimate of drug-likeness (QED) is 0.448. The molecule has 23 heavy (non-hydrogen) atoms. The second-order valence-electron chi connectivity index (χ2n) is 4.98. The van der Waals surface area contributed by atoms with Crippen molar-refractivity contribution in [2.24, 2.45) is 0 Å². The summed E-state index contributed by atoms with van der Waals surface area (Å²) in [4.78, 5) is 29.0. The standard InChI is InChI=1S/C18H16BrNO3/c1-13-3-5-15(6-4-13)18(22)23-20(2)12-11-17(21)14-7-9-16(19)10-8-14/h3-12H,1-2H3/b12-11+. The predicted molar refractivity (Wildman–Crippen MR) is 92.0 cm³/mol. The first-order valence-electron chi connectivity index (χ1n) is 6.95. The third-order valence-corrected chi connectivity index (χ3v) is 3.61. The molecule has 2 rings (SSSR count). The Morgan fingerprint density at radius 3 is 2.17 bits per heavy atom. The van der Waals surface area contributed by atoms with Crippen LogP contribution in [-0.4, -0.2) is 23.9 Å². The van der Waals surface area contributed by atoms with Crippen molar-refractivity contribution >= 4 is 27.7 Å². The molecule has 0 unspecified atom stereocenters. The van der Waals surface area contributed by atoms with Crippen LogP contribution >= 0.6 is 15.9 Å². The molecule has 0 fully saturated rings. The molecule has 0 saturated carbocycles. The van der Waals surface area contributed by atoms with E-state index >= 15 is 0 Å². The van der Waals surface area contributed by atoms with E-state index in [0.717, 1.165) is 10.0 Å². The number of ketones is 1. The lowest BCUT2D eigenvalue weighted by molar-refractivity contribution is -0.0555. The Hall–Kier alpha value is -2.40. The van der Waals surface area contributed by atoms with Crippen molar-refractivity contribution in [3.05, 3.63) is 82.0 Å². The Morgan fingerprint density at radius 1 is 1.00 bits per heavy atom. The van der Waals surface area contributed by atoms with Crippen molar-refractivity contribution < 1.29 is 14.4 Å². The third kappa shape index (κ3) is 5.07. The molecule has 0 spiro atoms. The van der Waals surface area contributed by atoms with Crippen molar-refractivity contribution in [3.63, 3.8) is 0 Å². The van der Waals surface area contributed by atoms with E-state index in [-0.39, 0.29) is 5.78 Å². The summed E-state index contributed by atoms with van der Waals surface area (Å²) in [5.74, 6) is -0.649. The molecular formula is C18H16BrNO3. The number of hydroxylamine groups is 2. The van der Waals surface area contributed by atoms with Crippen LogP contribution in [0.1, 0.15) is 26.3 Å². The van der Waals surface area contributed by atoms with Crippen LogP contribution in [0.2, 0.25) is 0 Å². The first-order valence-corrected chi connectivity index (χ1v) is 7.75. The summed E-state index contributed by atoms with van der Waals surface area (Å²) >= 11 is 3.32. The SMILES string of the molecule is Cc1ccc(C(=O)ON(C)/C=C/C(=O)c2ccc(Br)cc2)cc1. The lowest BCUT2D eigenvalue weighted by Crippen LogP contribution is -2.18. The molecule has 0 radical (unpaired) electrons. The summed E-state index contributed by atoms with van der Waals surface area (Å²) in [6.07, 6.45) is 2.77. The van der Waals surface area contributed by atoms with Gasteiger partial charge in [-0.05, 0) is 43.3 Å². The number of hydrogen-bond acceptors (Lipinski definition) is 4. The number of nitrogens with zero attached hydrogens (tertiary/aromatic N) is 1. The van der Waals surface area contributed by atoms with Crippen LogP contribution in [0, 0.1) is 6.92 Å². The summed E-state index contributed by atoms with van der Waals surface area (Å²) in [7, 11) is 1.55. The number of carbonyl (C=O) groups is 2. The molecule has 118 valence electrons. The van der Waals surface area contributed by atoms with Crippen LogP contribution in [0.25, 0.3) is 0 Å². The molecule has 4 nitrogen and oxygen atoms in total. The third-order valence-electron chi connectivity index (χ3n) is 3.08. The zero-order chi connectivity index (χ0) is 16.8. The van der Waals surface area contributed by atoms with Crippen LogP contribution in [0.15, 0.2) is 65.3 Å². The average Bonchev–Trinajstić information content (AvgIpc) is 2.54. The van der Waals surface area contributed by atoms with E-state index in [2.05, 4.69) is 15.9 Å². The molecule has 5 heteroatoms. The van der Waals surface area contributed by atoms with E-state index in [0.29, 0.717) is 11.1 Å². The van der Waals surface area contributed by atoms with Gasteiger partial charge >= 0.3 is 5.97 Å². The van der Waals surface area contributed by atoms with Gasteiger partial charge in [0.25, 0.3) is 0 Å². The smallest absolute Gasteiger partial charge is 0.336 e. The van der Waals surface area contributed by atoms with E-state index < -0.39 is 5.97 Å². The molecule has 0 aliphatic heterocycles. The Labute approximate surface area is 143 Å². The minimum absolute atomic E-state index is 0.171. The Balaban J connectivity index is 1.94. The molecule has 0 bridgehead atoms. The number of hydrogen-bond donors (Lipinski definition) is 0. The molecule has 0 N–H and O–H groups in total. The highest BCUT2D eigenvalue weighted by Crippen LogP contribution is 2.11. The van der Waals surface area contributed by atoms with Crippen LogP contribution in [0.4, 0.5) is 0 Å². The number of carbonyl (C=O) groups excluding carboxylic acids is 2. The normalized spacial score (nSPS) is 10.6. The maximum Gasteiger partial charge on any atom is 0.363 e. The molecule has 0 atom stereocenters. The fourth-order valence-corrected chi connectivity index (χ4v) is 2.05. The first-order chi connectivity index (χ1) is 11.0. The van der Waals surface area contributed by atoms with E-state index in [1.54, 1.807) is 43.4 Å². The maximum absolute atomic E-state index is 12.0. The number of aryl methyl sites for hydroxylation is 1. The summed E-state index contributed by atoms with van der Waals surface area (Å²) in [6, 6.07) is 14.1. The van der Waals surface area contributed by atoms with Crippen LogP contribution in [0.5, 0.6) is 0 Å². The van der Waals surface area contributed by atoms with Gasteiger partial charge in [0, 0.05) is 29.4 Å². The minimum atomic E-state index is -0.478. The lowest BCUT2D eigenvalue weighted by atomic mass is 10.1. The van der Waals surface area contributed by atoms with Crippen molar-refractivity contribution in [2.75, 3.05) is 7.05 Å². The van der Waals surface area contributed by atoms with Crippen LogP contribution < -0.4 is 0 Å². The summed E-state index contributed by atoms with van der Waals surface area (Å²) in [6.45, 7) is 1.94. The summed E-state index contributed by atoms with van der Waals surface area (Å²) in [5.41, 5.74) is 2.08. The van der Waals surface area contributed by atoms with Crippen molar-refractivity contribution in [2.45, 2.75) is 6.92 Å². The van der Waals surface area contributed by atoms with E-state index in [9.17, 15) is 9.59 Å². The van der Waals surface area contributed by atoms with Crippen LogP contribution in [0.3, 0.4) is 0 Å². The molecule has 0 heterocycles. The van der Waals surface area contributed by atoms with Gasteiger partial charge in [-0.1, -0.05) is 33.6 Å². The van der Waals surface area contributed by atoms with Gasteiger partial charge in [0.15, 0.2) is 5.78 Å². The molecule has 0 amide bonds. The highest BCUT2D eigenvalue weighted by molar-refractivity contribution is 9.10. The average molecular weight is 374 g/mol. The second kappa shape index (κ2) is 7.74. The minimum Gasteiger partial charge on any atom is -0.336 e. The predicted octanol–water partition coefficient (Wildman–Crippen LogP) is 4.16. The van der Waals surface area contributed by atoms with Crippen molar-refractivity contribution in [1.82, 2.24) is 5.06 Å². The molecule has 2 aromatic rings. The molecule has 0 saturated heterocycles. The molecule has 0 aromatic heterocycles. The van der Waals surface area contributed by atoms with Crippen molar-refractivity contribution in [3.8, 4) is 0 Å². The Bertz CT molecular complexity index is 721. The Morgan fingerprint density at radius 2 is 1.57 bits per heavy atom. The van der Waals surface area contributed by atoms with Crippen LogP contribution in [-0.2, 0) is 4.84 Å². The monoisotopic (exact) mass is 373 g/mol. The lowest BCUT2D eigenvalue weighted by Gasteiger charge is -2.13. The van der Waals surface area contributed by atoms with Gasteiger partial charge in [-0.3, -0.25) is 4.79 Å². The Kier molecular flexibility index (Phi) is 5.71. The van der Waals surface area contributed by atoms with Gasteiger partial charge in [-0.25, -0.2) is 9.86 Å². The van der Waals surface area contributed by atoms with Gasteiger partial charge in [-0.2, -0.15) is 0 Å². The summed E-state index contributed by atoms with van der Waals surface area (Å²) < 4.78 is 0.905. The topological polar surface area (TPSA) is 46.6 Å². The van der Waals surface area contributed by atoms with Gasteiger partial charge in [-0.15, -0.1) is 0 Å². The highest BCUT2D eigenvalue weighted by atomic mass is 79.9. The number of allylic oxidation sites excluding steroid dienone is 1. The highest BCUT2D eigenvalue weighted by Gasteiger charge is 2.09. The molecule has 0 aliphatic rings. The number of halogens is 1. The van der Waals surface area contributed by atoms with E-state index in [1.807, 2.05) is 19.1 Å². The van der Waals surface area contributed by atoms with Gasteiger partial charge in [0.05, 0.1) is 5.56 Å². The second-order valence-corrected chi connectivity index (χ2v) is 5.89. The number of benzene rings is 2. The fourth-order valence-electron chi connectivity index (χ4n) is 1.79. The van der Waals surface area contributed by atoms with Gasteiger partial charge in [0.1, 0.15) is 0 Å². The summed E-state index contributed by atoms with van der Waals surface area (Å²) in [5, 5.41) is 1.21. The molecular weight excluding hydrogens is 358 g/mol. The van der Waals surface area contributed by atoms with Crippen molar-refractivity contribution in [1.29, 1.82) is 0 Å². The molecule has 0 aliphatic carbocycles. The van der Waals surface area contributed by atoms with E-state index in [1.165, 1.54) is 17.3 Å². The first kappa shape index (κ1) is 17.0. The van der Waals surface area contributed by atoms with E-state index in [4.69, 9.17) is 4.84 Å². The zero-order valence-corrected chi connectivity index (χ0v) is 14.4. The zero-order valence-electron chi connectivity index (χ0n) is 12.8. The maximum atomic E-state index is 12.0. The van der Waals surface area contributed by atoms with Gasteiger partial charge < -0.3 is 4.84 Å². The molecule has 2 aromatic carbocycles. The largest absolute Gasteiger partial charge is 0.363 e. The fraction of sp³-hybridized carbons (Fsp3) is 0.111. The number of rotatable bonds is 5. The van der Waals surface area contributed by atoms with Gasteiger partial charge in [0.2, 0.25) is 0 Å².